The number of H-pyrrole nitrogens is 1. The lowest BCUT2D eigenvalue weighted by atomic mass is 9.94. The first-order valence-electron chi connectivity index (χ1n) is 5.73. The molecule has 0 saturated carbocycles. The first-order valence-corrected chi connectivity index (χ1v) is 5.73. The summed E-state index contributed by atoms with van der Waals surface area (Å²) in [4.78, 5) is 14.8. The number of aromatic nitrogens is 1. The Kier molecular flexibility index (Phi) is 4.12. The highest BCUT2D eigenvalue weighted by Gasteiger charge is 2.21. The fourth-order valence-electron chi connectivity index (χ4n) is 1.55. The van der Waals surface area contributed by atoms with Crippen molar-refractivity contribution in [1.82, 2.24) is 10.3 Å². The SMILES string of the molecule is CCC(N)(CC)CNC(=O)c1cc[nH]c1C. The number of carbonyl (C=O) groups is 1. The van der Waals surface area contributed by atoms with Crippen LogP contribution in [0.3, 0.4) is 0 Å². The van der Waals surface area contributed by atoms with Crippen molar-refractivity contribution in [2.45, 2.75) is 39.2 Å². The van der Waals surface area contributed by atoms with E-state index in [0.717, 1.165) is 18.5 Å². The van der Waals surface area contributed by atoms with Crippen LogP contribution in [-0.4, -0.2) is 23.0 Å². The Hall–Kier alpha value is -1.29. The van der Waals surface area contributed by atoms with E-state index in [0.29, 0.717) is 12.1 Å². The van der Waals surface area contributed by atoms with Gasteiger partial charge < -0.3 is 16.0 Å². The van der Waals surface area contributed by atoms with E-state index >= 15 is 0 Å². The lowest BCUT2D eigenvalue weighted by Gasteiger charge is -2.26. The summed E-state index contributed by atoms with van der Waals surface area (Å²) in [5.41, 5.74) is 7.39. The van der Waals surface area contributed by atoms with E-state index < -0.39 is 0 Å². The molecule has 1 amide bonds. The summed E-state index contributed by atoms with van der Waals surface area (Å²) >= 11 is 0. The van der Waals surface area contributed by atoms with Crippen LogP contribution in [0.1, 0.15) is 42.7 Å². The lowest BCUT2D eigenvalue weighted by molar-refractivity contribution is 0.0941. The van der Waals surface area contributed by atoms with E-state index in [1.807, 2.05) is 20.8 Å². The molecule has 1 aromatic heterocycles. The van der Waals surface area contributed by atoms with Gasteiger partial charge >= 0.3 is 0 Å². The predicted molar refractivity (Wildman–Crippen MR) is 65.4 cm³/mol. The van der Waals surface area contributed by atoms with Crippen LogP contribution in [0.15, 0.2) is 12.3 Å². The largest absolute Gasteiger partial charge is 0.365 e. The molecule has 0 atom stereocenters. The van der Waals surface area contributed by atoms with Crippen LogP contribution in [0.2, 0.25) is 0 Å². The molecule has 4 N–H and O–H groups in total. The third kappa shape index (κ3) is 2.85. The number of aryl methyl sites for hydroxylation is 1. The summed E-state index contributed by atoms with van der Waals surface area (Å²) in [6.45, 7) is 6.47. The van der Waals surface area contributed by atoms with Gasteiger partial charge in [-0.1, -0.05) is 13.8 Å². The minimum atomic E-state index is -0.292. The van der Waals surface area contributed by atoms with Gasteiger partial charge in [0.05, 0.1) is 5.56 Å². The van der Waals surface area contributed by atoms with Gasteiger partial charge in [0.1, 0.15) is 0 Å². The van der Waals surface area contributed by atoms with Crippen molar-refractivity contribution in [2.24, 2.45) is 5.73 Å². The monoisotopic (exact) mass is 223 g/mol. The number of aromatic amines is 1. The molecule has 90 valence electrons. The number of hydrogen-bond acceptors (Lipinski definition) is 2. The van der Waals surface area contributed by atoms with E-state index in [9.17, 15) is 4.79 Å². The van der Waals surface area contributed by atoms with Crippen LogP contribution in [-0.2, 0) is 0 Å². The van der Waals surface area contributed by atoms with E-state index in [4.69, 9.17) is 5.73 Å². The van der Waals surface area contributed by atoms with Gasteiger partial charge in [-0.05, 0) is 25.8 Å². The number of amides is 1. The van der Waals surface area contributed by atoms with E-state index in [2.05, 4.69) is 10.3 Å². The number of hydrogen-bond donors (Lipinski definition) is 3. The summed E-state index contributed by atoms with van der Waals surface area (Å²) in [7, 11) is 0. The highest BCUT2D eigenvalue weighted by atomic mass is 16.1. The lowest BCUT2D eigenvalue weighted by Crippen LogP contribution is -2.49. The zero-order valence-corrected chi connectivity index (χ0v) is 10.3. The van der Waals surface area contributed by atoms with Gasteiger partial charge in [0.15, 0.2) is 0 Å². The van der Waals surface area contributed by atoms with E-state index in [1.54, 1.807) is 12.3 Å². The Morgan fingerprint density at radius 1 is 1.50 bits per heavy atom. The molecule has 0 saturated heterocycles. The maximum atomic E-state index is 11.8. The fraction of sp³-hybridized carbons (Fsp3) is 0.583. The van der Waals surface area contributed by atoms with Crippen LogP contribution >= 0.6 is 0 Å². The zero-order valence-electron chi connectivity index (χ0n) is 10.3. The second-order valence-corrected chi connectivity index (χ2v) is 4.27. The molecule has 0 radical (unpaired) electrons. The summed E-state index contributed by atoms with van der Waals surface area (Å²) < 4.78 is 0. The zero-order chi connectivity index (χ0) is 12.2. The molecule has 0 aliphatic carbocycles. The average Bonchev–Trinajstić information content (AvgIpc) is 2.72. The molecule has 0 unspecified atom stereocenters. The minimum absolute atomic E-state index is 0.0597. The van der Waals surface area contributed by atoms with Crippen molar-refractivity contribution in [3.05, 3.63) is 23.5 Å². The topological polar surface area (TPSA) is 70.9 Å². The second-order valence-electron chi connectivity index (χ2n) is 4.27. The summed E-state index contributed by atoms with van der Waals surface area (Å²) in [6, 6.07) is 1.78. The number of carbonyl (C=O) groups excluding carboxylic acids is 1. The van der Waals surface area contributed by atoms with Crippen LogP contribution < -0.4 is 11.1 Å². The molecule has 0 bridgehead atoms. The third-order valence-corrected chi connectivity index (χ3v) is 3.21. The Labute approximate surface area is 96.6 Å². The first kappa shape index (κ1) is 12.8. The van der Waals surface area contributed by atoms with E-state index in [-0.39, 0.29) is 11.4 Å². The Bertz CT molecular complexity index is 353. The molecular weight excluding hydrogens is 202 g/mol. The fourth-order valence-corrected chi connectivity index (χ4v) is 1.55. The van der Waals surface area contributed by atoms with Crippen LogP contribution in [0, 0.1) is 6.92 Å². The molecule has 1 heterocycles. The summed E-state index contributed by atoms with van der Waals surface area (Å²) in [5, 5.41) is 2.88. The molecule has 4 heteroatoms. The van der Waals surface area contributed by atoms with Crippen LogP contribution in [0.25, 0.3) is 0 Å². The Balaban J connectivity index is 2.57. The number of rotatable bonds is 5. The van der Waals surface area contributed by atoms with Gasteiger partial charge in [-0.3, -0.25) is 4.79 Å². The van der Waals surface area contributed by atoms with Gasteiger partial charge in [-0.25, -0.2) is 0 Å². The van der Waals surface area contributed by atoms with Crippen molar-refractivity contribution < 1.29 is 4.79 Å². The molecule has 0 aliphatic rings. The molecule has 0 fully saturated rings. The quantitative estimate of drug-likeness (QED) is 0.709. The molecular formula is C12H21N3O. The van der Waals surface area contributed by atoms with Crippen molar-refractivity contribution in [3.63, 3.8) is 0 Å². The van der Waals surface area contributed by atoms with Crippen LogP contribution in [0.5, 0.6) is 0 Å². The second kappa shape index (κ2) is 5.16. The van der Waals surface area contributed by atoms with E-state index in [1.165, 1.54) is 0 Å². The summed E-state index contributed by atoms with van der Waals surface area (Å²) in [6.07, 6.45) is 3.48. The van der Waals surface area contributed by atoms with Gasteiger partial charge in [0.25, 0.3) is 5.91 Å². The minimum Gasteiger partial charge on any atom is -0.365 e. The van der Waals surface area contributed by atoms with Crippen molar-refractivity contribution in [2.75, 3.05) is 6.54 Å². The van der Waals surface area contributed by atoms with Crippen molar-refractivity contribution in [1.29, 1.82) is 0 Å². The average molecular weight is 223 g/mol. The van der Waals surface area contributed by atoms with Gasteiger partial charge in [0, 0.05) is 24.0 Å². The molecule has 4 nitrogen and oxygen atoms in total. The van der Waals surface area contributed by atoms with Crippen molar-refractivity contribution >= 4 is 5.91 Å². The maximum absolute atomic E-state index is 11.8. The first-order chi connectivity index (χ1) is 7.52. The molecule has 1 aromatic rings. The van der Waals surface area contributed by atoms with Crippen LogP contribution in [0.4, 0.5) is 0 Å². The molecule has 0 spiro atoms. The van der Waals surface area contributed by atoms with Gasteiger partial charge in [0.2, 0.25) is 0 Å². The Morgan fingerprint density at radius 3 is 2.56 bits per heavy atom. The standard InChI is InChI=1S/C12H21N3O/c1-4-12(13,5-2)8-15-11(16)10-6-7-14-9(10)3/h6-7,14H,4-5,8,13H2,1-3H3,(H,15,16). The molecule has 0 aromatic carbocycles. The van der Waals surface area contributed by atoms with Crippen molar-refractivity contribution in [3.8, 4) is 0 Å². The number of nitrogens with two attached hydrogens (primary N) is 1. The number of nitrogens with one attached hydrogen (secondary N) is 2. The highest BCUT2D eigenvalue weighted by Crippen LogP contribution is 2.10. The summed E-state index contributed by atoms with van der Waals surface area (Å²) in [5.74, 6) is -0.0597. The molecule has 1 rings (SSSR count). The third-order valence-electron chi connectivity index (χ3n) is 3.21. The predicted octanol–water partition coefficient (Wildman–Crippen LogP) is 1.57. The molecule has 16 heavy (non-hydrogen) atoms. The molecule has 0 aliphatic heterocycles. The normalized spacial score (nSPS) is 11.5. The maximum Gasteiger partial charge on any atom is 0.253 e. The van der Waals surface area contributed by atoms with Gasteiger partial charge in [-0.15, -0.1) is 0 Å². The smallest absolute Gasteiger partial charge is 0.253 e. The highest BCUT2D eigenvalue weighted by molar-refractivity contribution is 5.95. The van der Waals surface area contributed by atoms with Gasteiger partial charge in [-0.2, -0.15) is 0 Å². The Morgan fingerprint density at radius 2 is 2.12 bits per heavy atom.